The van der Waals surface area contributed by atoms with E-state index < -0.39 is 0 Å². The molecular weight excluding hydrogens is 280 g/mol. The zero-order valence-corrected chi connectivity index (χ0v) is 13.4. The average molecular weight is 304 g/mol. The van der Waals surface area contributed by atoms with Crippen molar-refractivity contribution in [2.24, 2.45) is 5.73 Å². The first-order valence-corrected chi connectivity index (χ1v) is 7.92. The molecule has 1 aliphatic carbocycles. The summed E-state index contributed by atoms with van der Waals surface area (Å²) in [5.74, 6) is 1.58. The zero-order chi connectivity index (χ0) is 15.9. The van der Waals surface area contributed by atoms with Crippen LogP contribution in [0, 0.1) is 0 Å². The minimum absolute atomic E-state index is 0.0552. The number of nitrogens with zero attached hydrogens (tertiary/aromatic N) is 1. The number of benzene rings is 1. The maximum absolute atomic E-state index is 12.2. The Morgan fingerprint density at radius 2 is 2.00 bits per heavy atom. The fraction of sp³-hybridized carbons (Fsp3) is 0.588. The van der Waals surface area contributed by atoms with E-state index in [1.54, 1.807) is 7.11 Å². The van der Waals surface area contributed by atoms with Crippen LogP contribution in [0.1, 0.15) is 44.7 Å². The van der Waals surface area contributed by atoms with E-state index in [0.29, 0.717) is 24.0 Å². The Morgan fingerprint density at radius 3 is 2.59 bits per heavy atom. The van der Waals surface area contributed by atoms with Gasteiger partial charge in [-0.15, -0.1) is 0 Å². The molecule has 1 saturated heterocycles. The normalized spacial score (nSPS) is 25.0. The molecule has 0 radical (unpaired) electrons. The molecule has 2 unspecified atom stereocenters. The van der Waals surface area contributed by atoms with E-state index in [0.717, 1.165) is 18.4 Å². The van der Waals surface area contributed by atoms with Crippen LogP contribution in [0.4, 0.5) is 0 Å². The van der Waals surface area contributed by atoms with Gasteiger partial charge in [-0.1, -0.05) is 6.07 Å². The molecule has 1 saturated carbocycles. The van der Waals surface area contributed by atoms with Gasteiger partial charge in [0.15, 0.2) is 11.5 Å². The van der Waals surface area contributed by atoms with Gasteiger partial charge in [-0.2, -0.15) is 0 Å². The third kappa shape index (κ3) is 2.77. The van der Waals surface area contributed by atoms with Crippen molar-refractivity contribution in [1.82, 2.24) is 4.90 Å². The van der Waals surface area contributed by atoms with Crippen molar-refractivity contribution in [3.8, 4) is 11.5 Å². The number of likely N-dealkylation sites (tertiary alicyclic amines) is 1. The van der Waals surface area contributed by atoms with E-state index >= 15 is 0 Å². The van der Waals surface area contributed by atoms with Crippen LogP contribution in [0.2, 0.25) is 0 Å². The topological polar surface area (TPSA) is 64.8 Å². The summed E-state index contributed by atoms with van der Waals surface area (Å²) in [6.45, 7) is 3.96. The summed E-state index contributed by atoms with van der Waals surface area (Å²) < 4.78 is 11.2. The molecule has 1 aromatic carbocycles. The van der Waals surface area contributed by atoms with E-state index in [2.05, 4.69) is 0 Å². The third-order valence-corrected chi connectivity index (χ3v) is 4.24. The molecule has 2 N–H and O–H groups in total. The van der Waals surface area contributed by atoms with Gasteiger partial charge >= 0.3 is 0 Å². The second-order valence-electron chi connectivity index (χ2n) is 6.42. The van der Waals surface area contributed by atoms with Crippen LogP contribution in [0.25, 0.3) is 0 Å². The number of carbonyl (C=O) groups is 1. The Kier molecular flexibility index (Phi) is 4.00. The fourth-order valence-corrected chi connectivity index (χ4v) is 3.19. The number of nitrogens with two attached hydrogens (primary N) is 1. The van der Waals surface area contributed by atoms with Crippen LogP contribution in [0.5, 0.6) is 11.5 Å². The highest BCUT2D eigenvalue weighted by atomic mass is 16.5. The standard InChI is InChI=1S/C17H24N2O3/c1-10(2)22-15-8-11(4-7-14(15)21-3)17-13(18)9-16(20)19(17)12-5-6-12/h4,7-8,10,12-13,17H,5-6,9,18H2,1-3H3. The molecule has 0 aromatic heterocycles. The Bertz CT molecular complexity index is 569. The lowest BCUT2D eigenvalue weighted by Gasteiger charge is -2.28. The molecule has 120 valence electrons. The lowest BCUT2D eigenvalue weighted by molar-refractivity contribution is -0.129. The summed E-state index contributed by atoms with van der Waals surface area (Å²) in [6, 6.07) is 6.01. The molecule has 1 heterocycles. The van der Waals surface area contributed by atoms with Gasteiger partial charge in [0.25, 0.3) is 0 Å². The molecule has 1 amide bonds. The van der Waals surface area contributed by atoms with Gasteiger partial charge in [0.05, 0.1) is 19.3 Å². The van der Waals surface area contributed by atoms with E-state index in [9.17, 15) is 4.79 Å². The summed E-state index contributed by atoms with van der Waals surface area (Å²) in [6.07, 6.45) is 2.65. The van der Waals surface area contributed by atoms with E-state index in [1.165, 1.54) is 0 Å². The Morgan fingerprint density at radius 1 is 1.27 bits per heavy atom. The van der Waals surface area contributed by atoms with Crippen LogP contribution in [0.3, 0.4) is 0 Å². The minimum atomic E-state index is -0.159. The van der Waals surface area contributed by atoms with Crippen molar-refractivity contribution in [3.63, 3.8) is 0 Å². The molecule has 2 fully saturated rings. The highest BCUT2D eigenvalue weighted by Gasteiger charge is 2.46. The lowest BCUT2D eigenvalue weighted by Crippen LogP contribution is -2.34. The Labute approximate surface area is 131 Å². The predicted molar refractivity (Wildman–Crippen MR) is 84.0 cm³/mol. The molecule has 1 aromatic rings. The SMILES string of the molecule is COc1ccc(C2C(N)CC(=O)N2C2CC2)cc1OC(C)C. The van der Waals surface area contributed by atoms with E-state index in [-0.39, 0.29) is 24.1 Å². The average Bonchev–Trinajstić information content (AvgIpc) is 3.23. The molecule has 3 rings (SSSR count). The van der Waals surface area contributed by atoms with Crippen LogP contribution in [-0.2, 0) is 4.79 Å². The van der Waals surface area contributed by atoms with Gasteiger partial charge in [-0.25, -0.2) is 0 Å². The quantitative estimate of drug-likeness (QED) is 0.906. The number of rotatable bonds is 5. The highest BCUT2D eigenvalue weighted by molar-refractivity contribution is 5.81. The van der Waals surface area contributed by atoms with Gasteiger partial charge < -0.3 is 20.1 Å². The lowest BCUT2D eigenvalue weighted by atomic mass is 10.00. The van der Waals surface area contributed by atoms with Crippen LogP contribution in [-0.4, -0.2) is 36.1 Å². The summed E-state index contributed by atoms with van der Waals surface area (Å²) in [4.78, 5) is 14.2. The summed E-state index contributed by atoms with van der Waals surface area (Å²) in [5, 5.41) is 0. The molecule has 22 heavy (non-hydrogen) atoms. The number of hydrogen-bond acceptors (Lipinski definition) is 4. The molecule has 0 bridgehead atoms. The van der Waals surface area contributed by atoms with E-state index in [4.69, 9.17) is 15.2 Å². The highest BCUT2D eigenvalue weighted by Crippen LogP contribution is 2.43. The monoisotopic (exact) mass is 304 g/mol. The number of hydrogen-bond donors (Lipinski definition) is 1. The zero-order valence-electron chi connectivity index (χ0n) is 13.4. The van der Waals surface area contributed by atoms with E-state index in [1.807, 2.05) is 36.9 Å². The van der Waals surface area contributed by atoms with Crippen molar-refractivity contribution in [1.29, 1.82) is 0 Å². The molecule has 2 atom stereocenters. The van der Waals surface area contributed by atoms with Crippen molar-refractivity contribution in [2.45, 2.75) is 57.3 Å². The van der Waals surface area contributed by atoms with Crippen molar-refractivity contribution < 1.29 is 14.3 Å². The van der Waals surface area contributed by atoms with Crippen LogP contribution < -0.4 is 15.2 Å². The summed E-state index contributed by atoms with van der Waals surface area (Å²) in [7, 11) is 1.63. The van der Waals surface area contributed by atoms with Gasteiger partial charge in [0, 0.05) is 18.5 Å². The first-order chi connectivity index (χ1) is 10.5. The second-order valence-corrected chi connectivity index (χ2v) is 6.42. The van der Waals surface area contributed by atoms with Crippen LogP contribution >= 0.6 is 0 Å². The maximum atomic E-state index is 12.2. The molecular formula is C17H24N2O3. The first-order valence-electron chi connectivity index (χ1n) is 7.92. The summed E-state index contributed by atoms with van der Waals surface area (Å²) in [5.41, 5.74) is 7.27. The Balaban J connectivity index is 1.94. The third-order valence-electron chi connectivity index (χ3n) is 4.24. The van der Waals surface area contributed by atoms with Gasteiger partial charge in [0.1, 0.15) is 0 Å². The van der Waals surface area contributed by atoms with Gasteiger partial charge in [-0.05, 0) is 44.4 Å². The molecule has 2 aliphatic rings. The smallest absolute Gasteiger partial charge is 0.225 e. The van der Waals surface area contributed by atoms with Gasteiger partial charge in [0.2, 0.25) is 5.91 Å². The van der Waals surface area contributed by atoms with Crippen molar-refractivity contribution >= 4 is 5.91 Å². The largest absolute Gasteiger partial charge is 0.493 e. The predicted octanol–water partition coefficient (Wildman–Crippen LogP) is 2.25. The second kappa shape index (κ2) is 5.80. The van der Waals surface area contributed by atoms with Crippen molar-refractivity contribution in [2.75, 3.05) is 7.11 Å². The molecule has 1 aliphatic heterocycles. The molecule has 5 heteroatoms. The Hall–Kier alpha value is -1.75. The number of methoxy groups -OCH3 is 1. The minimum Gasteiger partial charge on any atom is -0.493 e. The fourth-order valence-electron chi connectivity index (χ4n) is 3.19. The van der Waals surface area contributed by atoms with Gasteiger partial charge in [-0.3, -0.25) is 4.79 Å². The first kappa shape index (κ1) is 15.2. The molecule has 5 nitrogen and oxygen atoms in total. The molecule has 0 spiro atoms. The number of amides is 1. The maximum Gasteiger partial charge on any atom is 0.225 e. The number of ether oxygens (including phenoxy) is 2. The summed E-state index contributed by atoms with van der Waals surface area (Å²) >= 11 is 0. The number of carbonyl (C=O) groups excluding carboxylic acids is 1. The van der Waals surface area contributed by atoms with Crippen LogP contribution in [0.15, 0.2) is 18.2 Å². The van der Waals surface area contributed by atoms with Crippen molar-refractivity contribution in [3.05, 3.63) is 23.8 Å².